The standard InChI is InChI=1S/C30H38FN3O5SSi/c1-18(2)41(19(3)4,20(5)6)39-29-26-25(21(7)34(30(26)35)17-22-12-14-23(31)15-13-22)28(38-40(36,37)33(8)9)24-11-10-16-32-27(24)29/h10-16,18-20H,7,17H2,1-6,8-9H3. The van der Waals surface area contributed by atoms with Gasteiger partial charge >= 0.3 is 10.3 Å². The van der Waals surface area contributed by atoms with E-state index in [9.17, 15) is 17.6 Å². The summed E-state index contributed by atoms with van der Waals surface area (Å²) in [5.74, 6) is -0.516. The minimum Gasteiger partial charge on any atom is -0.541 e. The number of amides is 1. The minimum absolute atomic E-state index is 0.0324. The molecule has 0 N–H and O–H groups in total. The van der Waals surface area contributed by atoms with Gasteiger partial charge in [-0.1, -0.05) is 60.3 Å². The molecule has 11 heteroatoms. The third-order valence-corrected chi connectivity index (χ3v) is 15.2. The summed E-state index contributed by atoms with van der Waals surface area (Å²) in [7, 11) is -4.10. The summed E-state index contributed by atoms with van der Waals surface area (Å²) in [5, 5.41) is 0.392. The van der Waals surface area contributed by atoms with Crippen LogP contribution >= 0.6 is 0 Å². The van der Waals surface area contributed by atoms with Gasteiger partial charge in [0.05, 0.1) is 17.7 Å². The molecule has 0 saturated heterocycles. The molecular weight excluding hydrogens is 561 g/mol. The lowest BCUT2D eigenvalue weighted by atomic mass is 10.0. The first kappa shape index (κ1) is 30.7. The zero-order chi connectivity index (χ0) is 30.4. The molecule has 4 rings (SSSR count). The highest BCUT2D eigenvalue weighted by Gasteiger charge is 2.49. The maximum atomic E-state index is 14.3. The predicted octanol–water partition coefficient (Wildman–Crippen LogP) is 6.74. The lowest BCUT2D eigenvalue weighted by molar-refractivity contribution is 0.0841. The Bertz CT molecular complexity index is 1580. The summed E-state index contributed by atoms with van der Waals surface area (Å²) >= 11 is 0. The first-order chi connectivity index (χ1) is 19.1. The molecule has 220 valence electrons. The van der Waals surface area contributed by atoms with Crippen molar-refractivity contribution < 1.29 is 26.2 Å². The third-order valence-electron chi connectivity index (χ3n) is 7.92. The molecule has 0 spiro atoms. The number of hydrogen-bond donors (Lipinski definition) is 0. The third kappa shape index (κ3) is 5.26. The molecule has 8 nitrogen and oxygen atoms in total. The Morgan fingerprint density at radius 3 is 2.10 bits per heavy atom. The maximum Gasteiger partial charge on any atom is 0.384 e. The Morgan fingerprint density at radius 2 is 1.56 bits per heavy atom. The normalized spacial score (nSPS) is 14.2. The Morgan fingerprint density at radius 1 is 0.976 bits per heavy atom. The van der Waals surface area contributed by atoms with Crippen molar-refractivity contribution in [2.75, 3.05) is 14.1 Å². The molecule has 1 aromatic heterocycles. The Hall–Kier alpha value is -3.28. The number of halogens is 1. The first-order valence-electron chi connectivity index (χ1n) is 13.6. The topological polar surface area (TPSA) is 89.0 Å². The molecule has 2 aromatic carbocycles. The number of fused-ring (bicyclic) bond motifs is 2. The number of carbonyl (C=O) groups excluding carboxylic acids is 1. The van der Waals surface area contributed by atoms with Crippen LogP contribution in [0.15, 0.2) is 49.2 Å². The van der Waals surface area contributed by atoms with Gasteiger partial charge in [-0.25, -0.2) is 4.39 Å². The molecule has 0 saturated carbocycles. The van der Waals surface area contributed by atoms with Crippen LogP contribution in [0.1, 0.15) is 63.0 Å². The van der Waals surface area contributed by atoms with Gasteiger partial charge < -0.3 is 13.5 Å². The van der Waals surface area contributed by atoms with Gasteiger partial charge in [0.15, 0.2) is 5.75 Å². The number of carbonyl (C=O) groups is 1. The molecule has 1 aliphatic heterocycles. The van der Waals surface area contributed by atoms with Crippen LogP contribution in [0.5, 0.6) is 11.5 Å². The van der Waals surface area contributed by atoms with Gasteiger partial charge in [-0.3, -0.25) is 9.78 Å². The van der Waals surface area contributed by atoms with Gasteiger partial charge in [0.2, 0.25) is 0 Å². The molecule has 2 heterocycles. The van der Waals surface area contributed by atoms with Crippen LogP contribution in [0.2, 0.25) is 16.6 Å². The molecular formula is C30H38FN3O5SSi. The van der Waals surface area contributed by atoms with Crippen molar-refractivity contribution in [3.05, 3.63) is 71.7 Å². The number of hydrogen-bond acceptors (Lipinski definition) is 6. The van der Waals surface area contributed by atoms with Crippen LogP contribution in [-0.2, 0) is 16.8 Å². The van der Waals surface area contributed by atoms with E-state index < -0.39 is 30.3 Å². The van der Waals surface area contributed by atoms with Crippen molar-refractivity contribution in [1.29, 1.82) is 0 Å². The van der Waals surface area contributed by atoms with E-state index in [0.29, 0.717) is 22.2 Å². The second kappa shape index (κ2) is 11.2. The van der Waals surface area contributed by atoms with Crippen LogP contribution in [-0.4, -0.2) is 50.9 Å². The molecule has 1 aliphatic rings. The summed E-state index contributed by atoms with van der Waals surface area (Å²) in [6, 6.07) is 9.23. The Kier molecular flexibility index (Phi) is 8.37. The van der Waals surface area contributed by atoms with Crippen molar-refractivity contribution >= 4 is 41.1 Å². The van der Waals surface area contributed by atoms with Crippen LogP contribution < -0.4 is 8.61 Å². The van der Waals surface area contributed by atoms with E-state index in [1.54, 1.807) is 30.5 Å². The smallest absolute Gasteiger partial charge is 0.384 e. The van der Waals surface area contributed by atoms with Crippen LogP contribution in [0.3, 0.4) is 0 Å². The van der Waals surface area contributed by atoms with Crippen LogP contribution in [0, 0.1) is 5.82 Å². The van der Waals surface area contributed by atoms with Crippen molar-refractivity contribution in [2.24, 2.45) is 0 Å². The van der Waals surface area contributed by atoms with E-state index in [1.165, 1.54) is 31.1 Å². The Balaban J connectivity index is 2.05. The van der Waals surface area contributed by atoms with Gasteiger partial charge in [-0.2, -0.15) is 12.7 Å². The molecule has 0 fully saturated rings. The van der Waals surface area contributed by atoms with E-state index in [2.05, 4.69) is 53.1 Å². The number of nitrogens with zero attached hydrogens (tertiary/aromatic N) is 3. The minimum atomic E-state index is -4.21. The second-order valence-electron chi connectivity index (χ2n) is 11.5. The zero-order valence-electron chi connectivity index (χ0n) is 24.9. The monoisotopic (exact) mass is 599 g/mol. The molecule has 0 unspecified atom stereocenters. The van der Waals surface area contributed by atoms with Crippen molar-refractivity contribution in [3.8, 4) is 11.5 Å². The lowest BCUT2D eigenvalue weighted by Gasteiger charge is -2.42. The fourth-order valence-electron chi connectivity index (χ4n) is 5.96. The highest BCUT2D eigenvalue weighted by atomic mass is 32.2. The molecule has 0 atom stereocenters. The molecule has 0 radical (unpaired) electrons. The van der Waals surface area contributed by atoms with Crippen molar-refractivity contribution in [1.82, 2.24) is 14.2 Å². The molecule has 0 aliphatic carbocycles. The van der Waals surface area contributed by atoms with Crippen LogP contribution in [0.4, 0.5) is 4.39 Å². The zero-order valence-corrected chi connectivity index (χ0v) is 26.7. The molecule has 3 aromatic rings. The molecule has 41 heavy (non-hydrogen) atoms. The van der Waals surface area contributed by atoms with Crippen LogP contribution in [0.25, 0.3) is 16.6 Å². The highest BCUT2D eigenvalue weighted by Crippen LogP contribution is 2.52. The predicted molar refractivity (Wildman–Crippen MR) is 162 cm³/mol. The molecule has 1 amide bonds. The van der Waals surface area contributed by atoms with E-state index in [-0.39, 0.29) is 45.7 Å². The summed E-state index contributed by atoms with van der Waals surface area (Å²) in [5.41, 5.74) is 2.28. The SMILES string of the molecule is C=C1c2c(c(O[Si](C(C)C)(C(C)C)C(C)C)c3ncccc3c2OS(=O)(=O)N(C)C)C(=O)N1Cc1ccc(F)cc1. The second-order valence-corrected chi connectivity index (χ2v) is 18.6. The van der Waals surface area contributed by atoms with Crippen molar-refractivity contribution in [2.45, 2.75) is 64.7 Å². The fraction of sp³-hybridized carbons (Fsp3) is 0.400. The average molecular weight is 600 g/mol. The number of pyridine rings is 1. The van der Waals surface area contributed by atoms with E-state index >= 15 is 0 Å². The highest BCUT2D eigenvalue weighted by molar-refractivity contribution is 7.84. The van der Waals surface area contributed by atoms with Gasteiger partial charge in [-0.05, 0) is 46.5 Å². The quantitative estimate of drug-likeness (QED) is 0.240. The van der Waals surface area contributed by atoms with E-state index in [0.717, 1.165) is 4.31 Å². The summed E-state index contributed by atoms with van der Waals surface area (Å²) in [6.07, 6.45) is 1.58. The summed E-state index contributed by atoms with van der Waals surface area (Å²) in [6.45, 7) is 17.2. The maximum absolute atomic E-state index is 14.3. The number of benzene rings is 2. The molecule has 0 bridgehead atoms. The fourth-order valence-corrected chi connectivity index (χ4v) is 11.7. The van der Waals surface area contributed by atoms with E-state index in [1.807, 2.05) is 0 Å². The summed E-state index contributed by atoms with van der Waals surface area (Å²) < 4.78 is 53.4. The van der Waals surface area contributed by atoms with Gasteiger partial charge in [0, 0.05) is 31.4 Å². The van der Waals surface area contributed by atoms with Gasteiger partial charge in [0.25, 0.3) is 14.2 Å². The largest absolute Gasteiger partial charge is 0.541 e. The summed E-state index contributed by atoms with van der Waals surface area (Å²) in [4.78, 5) is 20.3. The van der Waals surface area contributed by atoms with Gasteiger partial charge in [0.1, 0.15) is 17.1 Å². The average Bonchev–Trinajstić information content (AvgIpc) is 3.13. The van der Waals surface area contributed by atoms with Crippen molar-refractivity contribution in [3.63, 3.8) is 0 Å². The Labute approximate surface area is 243 Å². The number of aromatic nitrogens is 1. The lowest BCUT2D eigenvalue weighted by Crippen LogP contribution is -2.51. The first-order valence-corrected chi connectivity index (χ1v) is 17.1. The number of rotatable bonds is 10. The van der Waals surface area contributed by atoms with Gasteiger partial charge in [-0.15, -0.1) is 0 Å². The van der Waals surface area contributed by atoms with E-state index in [4.69, 9.17) is 8.61 Å².